The first-order chi connectivity index (χ1) is 6.92. The number of hydrogen-bond acceptors (Lipinski definition) is 1. The molecule has 2 atom stereocenters. The number of hydrogen-bond donors (Lipinski definition) is 0. The van der Waals surface area contributed by atoms with Gasteiger partial charge in [-0.2, -0.15) is 0 Å². The Bertz CT molecular complexity index is 161. The molecule has 2 rings (SSSR count). The molecule has 2 aliphatic rings. The lowest BCUT2D eigenvalue weighted by atomic mass is 9.72. The third-order valence-electron chi connectivity index (χ3n) is 4.31. The average Bonchev–Trinajstić information content (AvgIpc) is 2.30. The zero-order valence-electron chi connectivity index (χ0n) is 9.50. The van der Waals surface area contributed by atoms with Gasteiger partial charge in [-0.3, -0.25) is 0 Å². The van der Waals surface area contributed by atoms with Crippen LogP contribution in [0.1, 0.15) is 57.8 Å². The third kappa shape index (κ3) is 2.31. The molecule has 0 aromatic rings. The van der Waals surface area contributed by atoms with Gasteiger partial charge in [0, 0.05) is 7.11 Å². The summed E-state index contributed by atoms with van der Waals surface area (Å²) in [5, 5.41) is 0. The highest BCUT2D eigenvalue weighted by Gasteiger charge is 2.32. The van der Waals surface area contributed by atoms with Crippen molar-refractivity contribution in [2.75, 3.05) is 7.11 Å². The van der Waals surface area contributed by atoms with Gasteiger partial charge in [0.1, 0.15) is 0 Å². The molecular formula is C13H24O. The molecule has 0 radical (unpaired) electrons. The Hall–Kier alpha value is -0.0400. The van der Waals surface area contributed by atoms with Gasteiger partial charge in [0.2, 0.25) is 0 Å². The molecule has 2 unspecified atom stereocenters. The molecule has 2 saturated carbocycles. The normalized spacial score (nSPS) is 35.8. The molecule has 14 heavy (non-hydrogen) atoms. The molecule has 0 bridgehead atoms. The minimum Gasteiger partial charge on any atom is -0.381 e. The standard InChI is InChI=1S/C13H24O/c1-14-13-10-6-5-9-12(13)11-7-3-2-4-8-11/h11-13H,2-10H2,1H3. The first kappa shape index (κ1) is 10.5. The molecule has 0 aliphatic heterocycles. The molecule has 82 valence electrons. The Balaban J connectivity index is 1.91. The summed E-state index contributed by atoms with van der Waals surface area (Å²) in [5.74, 6) is 1.89. The minimum atomic E-state index is 0.590. The third-order valence-corrected chi connectivity index (χ3v) is 4.31. The first-order valence-corrected chi connectivity index (χ1v) is 6.44. The minimum absolute atomic E-state index is 0.590. The van der Waals surface area contributed by atoms with E-state index in [9.17, 15) is 0 Å². The van der Waals surface area contributed by atoms with Crippen LogP contribution in [0.15, 0.2) is 0 Å². The molecule has 2 aliphatic carbocycles. The summed E-state index contributed by atoms with van der Waals surface area (Å²) < 4.78 is 5.66. The summed E-state index contributed by atoms with van der Waals surface area (Å²) in [6.45, 7) is 0. The smallest absolute Gasteiger partial charge is 0.0602 e. The zero-order chi connectivity index (χ0) is 9.80. The summed E-state index contributed by atoms with van der Waals surface area (Å²) in [7, 11) is 1.91. The van der Waals surface area contributed by atoms with E-state index in [0.717, 1.165) is 11.8 Å². The summed E-state index contributed by atoms with van der Waals surface area (Å²) in [4.78, 5) is 0. The molecule has 0 aromatic carbocycles. The first-order valence-electron chi connectivity index (χ1n) is 6.44. The van der Waals surface area contributed by atoms with E-state index in [1.807, 2.05) is 7.11 Å². The van der Waals surface area contributed by atoms with Gasteiger partial charge in [-0.25, -0.2) is 0 Å². The van der Waals surface area contributed by atoms with E-state index < -0.39 is 0 Å². The van der Waals surface area contributed by atoms with Crippen LogP contribution >= 0.6 is 0 Å². The topological polar surface area (TPSA) is 9.23 Å². The average molecular weight is 196 g/mol. The zero-order valence-corrected chi connectivity index (χ0v) is 9.50. The molecule has 0 N–H and O–H groups in total. The maximum absolute atomic E-state index is 5.66. The summed E-state index contributed by atoms with van der Waals surface area (Å²) in [6.07, 6.45) is 13.5. The lowest BCUT2D eigenvalue weighted by molar-refractivity contribution is -0.00901. The van der Waals surface area contributed by atoms with Gasteiger partial charge in [0.05, 0.1) is 6.10 Å². The highest BCUT2D eigenvalue weighted by molar-refractivity contribution is 4.83. The predicted octanol–water partition coefficient (Wildman–Crippen LogP) is 3.77. The van der Waals surface area contributed by atoms with Gasteiger partial charge in [0.15, 0.2) is 0 Å². The number of ether oxygens (including phenoxy) is 1. The molecule has 1 nitrogen and oxygen atoms in total. The maximum atomic E-state index is 5.66. The molecule has 2 fully saturated rings. The fourth-order valence-corrected chi connectivity index (χ4v) is 3.52. The van der Waals surface area contributed by atoms with Crippen molar-refractivity contribution >= 4 is 0 Å². The lowest BCUT2D eigenvalue weighted by Gasteiger charge is -2.38. The second-order valence-electron chi connectivity index (χ2n) is 5.12. The molecule has 0 spiro atoms. The van der Waals surface area contributed by atoms with E-state index in [4.69, 9.17) is 4.74 Å². The SMILES string of the molecule is COC1CCCCC1C1CCCCC1. The van der Waals surface area contributed by atoms with Gasteiger partial charge >= 0.3 is 0 Å². The maximum Gasteiger partial charge on any atom is 0.0602 e. The monoisotopic (exact) mass is 196 g/mol. The Morgan fingerprint density at radius 1 is 0.786 bits per heavy atom. The van der Waals surface area contributed by atoms with Crippen molar-refractivity contribution in [1.29, 1.82) is 0 Å². The summed E-state index contributed by atoms with van der Waals surface area (Å²) >= 11 is 0. The predicted molar refractivity (Wildman–Crippen MR) is 59.3 cm³/mol. The molecule has 1 heteroatoms. The van der Waals surface area contributed by atoms with Crippen molar-refractivity contribution in [2.45, 2.75) is 63.9 Å². The van der Waals surface area contributed by atoms with Crippen molar-refractivity contribution in [3.63, 3.8) is 0 Å². The van der Waals surface area contributed by atoms with Crippen LogP contribution in [-0.4, -0.2) is 13.2 Å². The van der Waals surface area contributed by atoms with Crippen LogP contribution in [-0.2, 0) is 4.74 Å². The fourth-order valence-electron chi connectivity index (χ4n) is 3.52. The van der Waals surface area contributed by atoms with Crippen LogP contribution in [0.4, 0.5) is 0 Å². The Morgan fingerprint density at radius 2 is 1.43 bits per heavy atom. The van der Waals surface area contributed by atoms with Crippen LogP contribution in [0.25, 0.3) is 0 Å². The van der Waals surface area contributed by atoms with Crippen molar-refractivity contribution in [2.24, 2.45) is 11.8 Å². The second kappa shape index (κ2) is 5.16. The fraction of sp³-hybridized carbons (Fsp3) is 1.00. The number of rotatable bonds is 2. The van der Waals surface area contributed by atoms with Gasteiger partial charge < -0.3 is 4.74 Å². The summed E-state index contributed by atoms with van der Waals surface area (Å²) in [6, 6.07) is 0. The largest absolute Gasteiger partial charge is 0.381 e. The Morgan fingerprint density at radius 3 is 2.14 bits per heavy atom. The molecular weight excluding hydrogens is 172 g/mol. The van der Waals surface area contributed by atoms with E-state index in [1.54, 1.807) is 0 Å². The van der Waals surface area contributed by atoms with E-state index in [0.29, 0.717) is 6.10 Å². The molecule has 0 saturated heterocycles. The van der Waals surface area contributed by atoms with E-state index >= 15 is 0 Å². The van der Waals surface area contributed by atoms with Crippen LogP contribution < -0.4 is 0 Å². The molecule has 0 heterocycles. The van der Waals surface area contributed by atoms with Crippen LogP contribution in [0, 0.1) is 11.8 Å². The van der Waals surface area contributed by atoms with Gasteiger partial charge in [-0.05, 0) is 24.7 Å². The van der Waals surface area contributed by atoms with Crippen molar-refractivity contribution in [1.82, 2.24) is 0 Å². The Kier molecular flexibility index (Phi) is 3.86. The Labute approximate surface area is 88.2 Å². The summed E-state index contributed by atoms with van der Waals surface area (Å²) in [5.41, 5.74) is 0. The highest BCUT2D eigenvalue weighted by atomic mass is 16.5. The molecule has 0 aromatic heterocycles. The van der Waals surface area contributed by atoms with Crippen LogP contribution in [0.3, 0.4) is 0 Å². The van der Waals surface area contributed by atoms with Gasteiger partial charge in [-0.1, -0.05) is 44.9 Å². The van der Waals surface area contributed by atoms with Crippen LogP contribution in [0.5, 0.6) is 0 Å². The molecule has 0 amide bonds. The van der Waals surface area contributed by atoms with E-state index in [-0.39, 0.29) is 0 Å². The van der Waals surface area contributed by atoms with E-state index in [1.165, 1.54) is 57.8 Å². The van der Waals surface area contributed by atoms with E-state index in [2.05, 4.69) is 0 Å². The lowest BCUT2D eigenvalue weighted by Crippen LogP contribution is -2.33. The van der Waals surface area contributed by atoms with Crippen molar-refractivity contribution in [3.05, 3.63) is 0 Å². The van der Waals surface area contributed by atoms with Crippen molar-refractivity contribution in [3.8, 4) is 0 Å². The van der Waals surface area contributed by atoms with Crippen LogP contribution in [0.2, 0.25) is 0 Å². The van der Waals surface area contributed by atoms with Gasteiger partial charge in [-0.15, -0.1) is 0 Å². The van der Waals surface area contributed by atoms with Crippen molar-refractivity contribution < 1.29 is 4.74 Å². The second-order valence-corrected chi connectivity index (χ2v) is 5.12. The quantitative estimate of drug-likeness (QED) is 0.653. The highest BCUT2D eigenvalue weighted by Crippen LogP contribution is 2.39. The van der Waals surface area contributed by atoms with Gasteiger partial charge in [0.25, 0.3) is 0 Å². The number of methoxy groups -OCH3 is 1.